The number of ketones is 1. The zero-order valence-corrected chi connectivity index (χ0v) is 11.0. The minimum Gasteiger partial charge on any atom is -0.497 e. The third-order valence-electron chi connectivity index (χ3n) is 3.79. The van der Waals surface area contributed by atoms with Gasteiger partial charge in [-0.05, 0) is 37.1 Å². The van der Waals surface area contributed by atoms with E-state index in [1.807, 2.05) is 0 Å². The fourth-order valence-electron chi connectivity index (χ4n) is 2.71. The number of carbonyl (C=O) groups excluding carboxylic acids is 1. The summed E-state index contributed by atoms with van der Waals surface area (Å²) in [6.07, 6.45) is 3.09. The number of carbonyl (C=O) groups is 2. The first-order valence-corrected chi connectivity index (χ1v) is 6.54. The summed E-state index contributed by atoms with van der Waals surface area (Å²) in [4.78, 5) is 23.6. The first-order chi connectivity index (χ1) is 9.13. The second kappa shape index (κ2) is 5.87. The summed E-state index contributed by atoms with van der Waals surface area (Å²) in [5.41, 5.74) is 0.568. The van der Waals surface area contributed by atoms with Gasteiger partial charge in [0.2, 0.25) is 0 Å². The topological polar surface area (TPSA) is 63.6 Å². The normalized spacial score (nSPS) is 22.8. The van der Waals surface area contributed by atoms with Crippen molar-refractivity contribution in [3.8, 4) is 5.75 Å². The van der Waals surface area contributed by atoms with Gasteiger partial charge >= 0.3 is 5.97 Å². The molecule has 2 atom stereocenters. The first-order valence-electron chi connectivity index (χ1n) is 6.54. The highest BCUT2D eigenvalue weighted by Gasteiger charge is 2.35. The van der Waals surface area contributed by atoms with Gasteiger partial charge in [0.25, 0.3) is 0 Å². The largest absolute Gasteiger partial charge is 0.497 e. The lowest BCUT2D eigenvalue weighted by molar-refractivity contribution is -0.144. The molecule has 0 bridgehead atoms. The summed E-state index contributed by atoms with van der Waals surface area (Å²) in [7, 11) is 1.57. The molecule has 0 aliphatic heterocycles. The second-order valence-corrected chi connectivity index (χ2v) is 4.93. The van der Waals surface area contributed by atoms with E-state index >= 15 is 0 Å². The molecule has 0 amide bonds. The van der Waals surface area contributed by atoms with Gasteiger partial charge in [0.15, 0.2) is 5.78 Å². The molecule has 1 aliphatic rings. The van der Waals surface area contributed by atoms with E-state index in [-0.39, 0.29) is 11.7 Å². The zero-order valence-electron chi connectivity index (χ0n) is 11.0. The maximum absolute atomic E-state index is 12.4. The van der Waals surface area contributed by atoms with Gasteiger partial charge in [-0.3, -0.25) is 9.59 Å². The van der Waals surface area contributed by atoms with Crippen LogP contribution in [0.4, 0.5) is 0 Å². The number of ether oxygens (including phenoxy) is 1. The zero-order chi connectivity index (χ0) is 13.8. The standard InChI is InChI=1S/C15H18O4/c1-19-11-8-6-10(7-9-11)14(16)12-4-2-3-5-13(12)15(17)18/h6-9,12-13H,2-5H2,1H3,(H,17,18)/t12-,13+/m1/s1. The predicted molar refractivity (Wildman–Crippen MR) is 70.4 cm³/mol. The van der Waals surface area contributed by atoms with E-state index in [1.54, 1.807) is 31.4 Å². The number of benzene rings is 1. The molecule has 2 rings (SSSR count). The van der Waals surface area contributed by atoms with Crippen LogP contribution in [0.3, 0.4) is 0 Å². The maximum Gasteiger partial charge on any atom is 0.307 e. The molecular formula is C15H18O4. The molecule has 4 nitrogen and oxygen atoms in total. The van der Waals surface area contributed by atoms with Crippen LogP contribution in [0, 0.1) is 11.8 Å². The Labute approximate surface area is 112 Å². The Morgan fingerprint density at radius 2 is 1.68 bits per heavy atom. The van der Waals surface area contributed by atoms with Crippen molar-refractivity contribution in [2.24, 2.45) is 11.8 Å². The molecule has 4 heteroatoms. The summed E-state index contributed by atoms with van der Waals surface area (Å²) >= 11 is 0. The van der Waals surface area contributed by atoms with Gasteiger partial charge in [-0.1, -0.05) is 12.8 Å². The van der Waals surface area contributed by atoms with Crippen molar-refractivity contribution in [2.75, 3.05) is 7.11 Å². The van der Waals surface area contributed by atoms with Gasteiger partial charge in [-0.2, -0.15) is 0 Å². The molecule has 1 N–H and O–H groups in total. The summed E-state index contributed by atoms with van der Waals surface area (Å²) in [5, 5.41) is 9.21. The molecule has 19 heavy (non-hydrogen) atoms. The lowest BCUT2D eigenvalue weighted by Gasteiger charge is -2.27. The summed E-state index contributed by atoms with van der Waals surface area (Å²) < 4.78 is 5.05. The molecule has 0 heterocycles. The number of carboxylic acid groups (broad SMARTS) is 1. The van der Waals surface area contributed by atoms with Gasteiger partial charge in [-0.15, -0.1) is 0 Å². The number of hydrogen-bond donors (Lipinski definition) is 1. The molecule has 0 spiro atoms. The van der Waals surface area contributed by atoms with Crippen LogP contribution in [-0.4, -0.2) is 24.0 Å². The van der Waals surface area contributed by atoms with Gasteiger partial charge in [0, 0.05) is 11.5 Å². The van der Waals surface area contributed by atoms with Crippen molar-refractivity contribution < 1.29 is 19.4 Å². The SMILES string of the molecule is COc1ccc(C(=O)[C@@H]2CCCC[C@@H]2C(=O)O)cc1. The summed E-state index contributed by atoms with van der Waals surface area (Å²) in [6, 6.07) is 6.86. The molecule has 1 aromatic rings. The average Bonchev–Trinajstić information content (AvgIpc) is 2.46. The molecule has 0 saturated heterocycles. The van der Waals surface area contributed by atoms with Crippen LogP contribution in [0.2, 0.25) is 0 Å². The van der Waals surface area contributed by atoms with Crippen LogP contribution in [0.15, 0.2) is 24.3 Å². The Balaban J connectivity index is 2.18. The Morgan fingerprint density at radius 3 is 2.21 bits per heavy atom. The number of carboxylic acids is 1. The Hall–Kier alpha value is -1.84. The van der Waals surface area contributed by atoms with Gasteiger partial charge < -0.3 is 9.84 Å². The van der Waals surface area contributed by atoms with Crippen molar-refractivity contribution in [3.63, 3.8) is 0 Å². The van der Waals surface area contributed by atoms with E-state index in [9.17, 15) is 14.7 Å². The van der Waals surface area contributed by atoms with Crippen LogP contribution in [0.5, 0.6) is 5.75 Å². The minimum atomic E-state index is -0.855. The number of aliphatic carboxylic acids is 1. The third kappa shape index (κ3) is 2.95. The van der Waals surface area contributed by atoms with E-state index < -0.39 is 11.9 Å². The number of rotatable bonds is 4. The molecule has 1 saturated carbocycles. The van der Waals surface area contributed by atoms with Crippen molar-refractivity contribution in [3.05, 3.63) is 29.8 Å². The Kier molecular flexibility index (Phi) is 4.20. The van der Waals surface area contributed by atoms with Crippen molar-refractivity contribution in [2.45, 2.75) is 25.7 Å². The molecular weight excluding hydrogens is 244 g/mol. The van der Waals surface area contributed by atoms with Gasteiger partial charge in [0.1, 0.15) is 5.75 Å². The highest BCUT2D eigenvalue weighted by molar-refractivity contribution is 6.00. The van der Waals surface area contributed by atoms with Crippen LogP contribution in [0.1, 0.15) is 36.0 Å². The fourth-order valence-corrected chi connectivity index (χ4v) is 2.71. The highest BCUT2D eigenvalue weighted by Crippen LogP contribution is 2.33. The molecule has 0 aromatic heterocycles. The summed E-state index contributed by atoms with van der Waals surface area (Å²) in [5.74, 6) is -1.15. The van der Waals surface area contributed by atoms with Crippen molar-refractivity contribution >= 4 is 11.8 Å². The molecule has 1 aromatic carbocycles. The Bertz CT molecular complexity index is 464. The second-order valence-electron chi connectivity index (χ2n) is 4.93. The minimum absolute atomic E-state index is 0.0604. The van der Waals surface area contributed by atoms with Crippen molar-refractivity contribution in [1.82, 2.24) is 0 Å². The molecule has 0 radical (unpaired) electrons. The smallest absolute Gasteiger partial charge is 0.307 e. The molecule has 102 valence electrons. The lowest BCUT2D eigenvalue weighted by Crippen LogP contribution is -2.32. The van der Waals surface area contributed by atoms with Crippen LogP contribution < -0.4 is 4.74 Å². The van der Waals surface area contributed by atoms with E-state index in [0.717, 1.165) is 12.8 Å². The molecule has 0 unspecified atom stereocenters. The van der Waals surface area contributed by atoms with Gasteiger partial charge in [0.05, 0.1) is 13.0 Å². The van der Waals surface area contributed by atoms with E-state index in [1.165, 1.54) is 0 Å². The fraction of sp³-hybridized carbons (Fsp3) is 0.467. The average molecular weight is 262 g/mol. The maximum atomic E-state index is 12.4. The highest BCUT2D eigenvalue weighted by atomic mass is 16.5. The molecule has 1 aliphatic carbocycles. The number of methoxy groups -OCH3 is 1. The number of Topliss-reactive ketones (excluding diaryl/α,β-unsaturated/α-hetero) is 1. The van der Waals surface area contributed by atoms with E-state index in [2.05, 4.69) is 0 Å². The van der Waals surface area contributed by atoms with Crippen LogP contribution >= 0.6 is 0 Å². The van der Waals surface area contributed by atoms with Crippen molar-refractivity contribution in [1.29, 1.82) is 0 Å². The monoisotopic (exact) mass is 262 g/mol. The first kappa shape index (κ1) is 13.6. The van der Waals surface area contributed by atoms with Gasteiger partial charge in [-0.25, -0.2) is 0 Å². The third-order valence-corrected chi connectivity index (χ3v) is 3.79. The summed E-state index contributed by atoms with van der Waals surface area (Å²) in [6.45, 7) is 0. The van der Waals surface area contributed by atoms with Crippen LogP contribution in [0.25, 0.3) is 0 Å². The van der Waals surface area contributed by atoms with Crippen LogP contribution in [-0.2, 0) is 4.79 Å². The number of hydrogen-bond acceptors (Lipinski definition) is 3. The Morgan fingerprint density at radius 1 is 1.11 bits per heavy atom. The molecule has 1 fully saturated rings. The predicted octanol–water partition coefficient (Wildman–Crippen LogP) is 2.77. The van der Waals surface area contributed by atoms with E-state index in [0.29, 0.717) is 24.2 Å². The lowest BCUT2D eigenvalue weighted by atomic mass is 9.75. The quantitative estimate of drug-likeness (QED) is 0.847. The van der Waals surface area contributed by atoms with E-state index in [4.69, 9.17) is 4.74 Å².